The van der Waals surface area contributed by atoms with Gasteiger partial charge in [0.25, 0.3) is 5.56 Å². The zero-order chi connectivity index (χ0) is 17.6. The third-order valence-corrected chi connectivity index (χ3v) is 5.23. The molecule has 1 aromatic carbocycles. The molecule has 1 aliphatic rings. The van der Waals surface area contributed by atoms with Crippen LogP contribution in [0.15, 0.2) is 44.5 Å². The molecule has 6 heteroatoms. The number of thiazole rings is 1. The second kappa shape index (κ2) is 6.04. The van der Waals surface area contributed by atoms with Gasteiger partial charge in [0.2, 0.25) is 0 Å². The molecule has 25 heavy (non-hydrogen) atoms. The number of benzene rings is 1. The lowest BCUT2D eigenvalue weighted by molar-refractivity contribution is 0.524. The summed E-state index contributed by atoms with van der Waals surface area (Å²) in [7, 11) is 0. The molecule has 0 N–H and O–H groups in total. The van der Waals surface area contributed by atoms with Crippen LogP contribution in [0.2, 0.25) is 0 Å². The van der Waals surface area contributed by atoms with E-state index in [0.29, 0.717) is 23.6 Å². The van der Waals surface area contributed by atoms with E-state index in [1.165, 1.54) is 22.5 Å². The van der Waals surface area contributed by atoms with Gasteiger partial charge in [-0.3, -0.25) is 9.36 Å². The predicted octanol–water partition coefficient (Wildman–Crippen LogP) is 2.31. The summed E-state index contributed by atoms with van der Waals surface area (Å²) < 4.78 is 7.93. The fourth-order valence-corrected chi connectivity index (χ4v) is 4.01. The molecular weight excluding hydrogens is 334 g/mol. The fraction of sp³-hybridized carbons (Fsp3) is 0.263. The van der Waals surface area contributed by atoms with Gasteiger partial charge in [0.15, 0.2) is 4.80 Å². The fourth-order valence-electron chi connectivity index (χ4n) is 3.07. The van der Waals surface area contributed by atoms with Gasteiger partial charge in [-0.15, -0.1) is 0 Å². The lowest BCUT2D eigenvalue weighted by Crippen LogP contribution is -2.42. The first-order chi connectivity index (χ1) is 12.0. The quantitative estimate of drug-likeness (QED) is 0.710. The van der Waals surface area contributed by atoms with E-state index < -0.39 is 0 Å². The molecule has 1 aliphatic heterocycles. The van der Waals surface area contributed by atoms with Crippen LogP contribution >= 0.6 is 11.3 Å². The van der Waals surface area contributed by atoms with Crippen molar-refractivity contribution in [2.75, 3.05) is 11.6 Å². The van der Waals surface area contributed by atoms with Crippen molar-refractivity contribution in [3.8, 4) is 0 Å². The van der Waals surface area contributed by atoms with Crippen LogP contribution in [0.4, 0.5) is 5.69 Å². The lowest BCUT2D eigenvalue weighted by Gasteiger charge is -2.26. The van der Waals surface area contributed by atoms with Crippen molar-refractivity contribution in [2.24, 2.45) is 4.99 Å². The molecule has 0 spiro atoms. The van der Waals surface area contributed by atoms with Crippen molar-refractivity contribution in [1.82, 2.24) is 4.57 Å². The molecule has 2 aromatic heterocycles. The van der Waals surface area contributed by atoms with Gasteiger partial charge in [-0.05, 0) is 56.2 Å². The topological polar surface area (TPSA) is 50.7 Å². The summed E-state index contributed by atoms with van der Waals surface area (Å²) in [5.41, 5.74) is 3.49. The van der Waals surface area contributed by atoms with E-state index in [1.807, 2.05) is 19.1 Å². The Morgan fingerprint density at radius 2 is 1.92 bits per heavy atom. The number of aromatic nitrogens is 1. The van der Waals surface area contributed by atoms with Gasteiger partial charge in [0.05, 0.1) is 4.53 Å². The average Bonchev–Trinajstić information content (AvgIpc) is 3.10. The zero-order valence-electron chi connectivity index (χ0n) is 14.4. The Hall–Kier alpha value is -2.60. The minimum atomic E-state index is -0.0214. The third kappa shape index (κ3) is 3.05. The zero-order valence-corrected chi connectivity index (χ0v) is 15.3. The molecule has 0 atom stereocenters. The van der Waals surface area contributed by atoms with Crippen LogP contribution in [0, 0.1) is 20.8 Å². The normalized spacial score (nSPS) is 14.5. The van der Waals surface area contributed by atoms with Gasteiger partial charge in [-0.1, -0.05) is 17.4 Å². The Balaban J connectivity index is 1.73. The Morgan fingerprint density at radius 3 is 2.60 bits per heavy atom. The van der Waals surface area contributed by atoms with Crippen LogP contribution in [0.1, 0.15) is 22.6 Å². The highest BCUT2D eigenvalue weighted by Crippen LogP contribution is 2.19. The van der Waals surface area contributed by atoms with Gasteiger partial charge in [0.1, 0.15) is 24.9 Å². The molecule has 3 heterocycles. The third-order valence-electron chi connectivity index (χ3n) is 4.18. The SMILES string of the molecule is Cc1cc(C)cc(N2CN=c3s/c(=C\c4ccc(C)o4)c(=O)n3C2)c1. The van der Waals surface area contributed by atoms with E-state index >= 15 is 0 Å². The van der Waals surface area contributed by atoms with Gasteiger partial charge < -0.3 is 9.32 Å². The monoisotopic (exact) mass is 353 g/mol. The van der Waals surface area contributed by atoms with Crippen molar-refractivity contribution in [3.05, 3.63) is 72.7 Å². The number of fused-ring (bicyclic) bond motifs is 1. The average molecular weight is 353 g/mol. The molecule has 3 aromatic rings. The van der Waals surface area contributed by atoms with Crippen LogP contribution in [-0.2, 0) is 6.67 Å². The summed E-state index contributed by atoms with van der Waals surface area (Å²) in [6.07, 6.45) is 1.79. The van der Waals surface area contributed by atoms with Gasteiger partial charge in [-0.25, -0.2) is 4.99 Å². The van der Waals surface area contributed by atoms with Crippen molar-refractivity contribution in [1.29, 1.82) is 0 Å². The highest BCUT2D eigenvalue weighted by atomic mass is 32.1. The van der Waals surface area contributed by atoms with Gasteiger partial charge >= 0.3 is 0 Å². The molecule has 128 valence electrons. The minimum Gasteiger partial charge on any atom is -0.462 e. The summed E-state index contributed by atoms with van der Waals surface area (Å²) >= 11 is 1.41. The highest BCUT2D eigenvalue weighted by molar-refractivity contribution is 7.07. The van der Waals surface area contributed by atoms with E-state index in [4.69, 9.17) is 4.42 Å². The van der Waals surface area contributed by atoms with E-state index in [1.54, 1.807) is 10.6 Å². The first-order valence-corrected chi connectivity index (χ1v) is 8.97. The molecule has 0 saturated carbocycles. The summed E-state index contributed by atoms with van der Waals surface area (Å²) in [6.45, 7) is 7.13. The largest absolute Gasteiger partial charge is 0.462 e. The number of anilines is 1. The highest BCUT2D eigenvalue weighted by Gasteiger charge is 2.16. The van der Waals surface area contributed by atoms with Crippen LogP contribution < -0.4 is 19.8 Å². The summed E-state index contributed by atoms with van der Waals surface area (Å²) in [5, 5.41) is 0. The first kappa shape index (κ1) is 15.9. The smallest absolute Gasteiger partial charge is 0.271 e. The van der Waals surface area contributed by atoms with E-state index in [0.717, 1.165) is 16.2 Å². The van der Waals surface area contributed by atoms with Gasteiger partial charge in [-0.2, -0.15) is 0 Å². The maximum atomic E-state index is 12.7. The Bertz CT molecular complexity index is 1100. The second-order valence-electron chi connectivity index (χ2n) is 6.40. The molecular formula is C19H19N3O2S. The van der Waals surface area contributed by atoms with Crippen molar-refractivity contribution in [2.45, 2.75) is 27.4 Å². The Morgan fingerprint density at radius 1 is 1.16 bits per heavy atom. The van der Waals surface area contributed by atoms with E-state index in [-0.39, 0.29) is 5.56 Å². The molecule has 0 saturated heterocycles. The molecule has 0 unspecified atom stereocenters. The standard InChI is InChI=1S/C19H19N3O2S/c1-12-6-13(2)8-15(7-12)21-10-20-19-22(11-21)18(23)17(25-19)9-16-5-4-14(3)24-16/h4-9H,10-11H2,1-3H3/b17-9-. The maximum Gasteiger partial charge on any atom is 0.271 e. The van der Waals surface area contributed by atoms with Crippen LogP contribution in [0.3, 0.4) is 0 Å². The molecule has 0 bridgehead atoms. The van der Waals surface area contributed by atoms with E-state index in [9.17, 15) is 4.79 Å². The van der Waals surface area contributed by atoms with Crippen molar-refractivity contribution < 1.29 is 4.42 Å². The number of rotatable bonds is 2. The number of hydrogen-bond donors (Lipinski definition) is 0. The number of hydrogen-bond acceptors (Lipinski definition) is 5. The molecule has 4 rings (SSSR count). The molecule has 0 aliphatic carbocycles. The maximum absolute atomic E-state index is 12.7. The van der Waals surface area contributed by atoms with Gasteiger partial charge in [0, 0.05) is 11.8 Å². The van der Waals surface area contributed by atoms with Crippen molar-refractivity contribution in [3.63, 3.8) is 0 Å². The minimum absolute atomic E-state index is 0.0214. The van der Waals surface area contributed by atoms with E-state index in [2.05, 4.69) is 41.9 Å². The molecule has 0 fully saturated rings. The molecule has 0 amide bonds. The van der Waals surface area contributed by atoms with Crippen LogP contribution in [-0.4, -0.2) is 11.2 Å². The summed E-state index contributed by atoms with van der Waals surface area (Å²) in [4.78, 5) is 20.2. The number of nitrogens with zero attached hydrogens (tertiary/aromatic N) is 3. The van der Waals surface area contributed by atoms with Crippen molar-refractivity contribution >= 4 is 23.1 Å². The summed E-state index contributed by atoms with van der Waals surface area (Å²) in [6, 6.07) is 10.2. The molecule has 5 nitrogen and oxygen atoms in total. The lowest BCUT2D eigenvalue weighted by atomic mass is 10.1. The number of aryl methyl sites for hydroxylation is 3. The Labute approximate surface area is 149 Å². The number of furan rings is 1. The predicted molar refractivity (Wildman–Crippen MR) is 99.6 cm³/mol. The summed E-state index contributed by atoms with van der Waals surface area (Å²) in [5.74, 6) is 1.53. The van der Waals surface area contributed by atoms with Crippen LogP contribution in [0.5, 0.6) is 0 Å². The Kier molecular flexibility index (Phi) is 3.84. The second-order valence-corrected chi connectivity index (χ2v) is 7.41. The molecule has 0 radical (unpaired) electrons. The first-order valence-electron chi connectivity index (χ1n) is 8.15. The van der Waals surface area contributed by atoms with Crippen LogP contribution in [0.25, 0.3) is 6.08 Å².